The van der Waals surface area contributed by atoms with Crippen LogP contribution < -0.4 is 0 Å². The fourth-order valence-corrected chi connectivity index (χ4v) is 7.76. The zero-order valence-corrected chi connectivity index (χ0v) is 45.5. The van der Waals surface area contributed by atoms with Crippen LogP contribution in [0.4, 0.5) is 0 Å². The molecule has 6 heteroatoms. The van der Waals surface area contributed by atoms with Crippen LogP contribution >= 0.6 is 0 Å². The molecule has 0 saturated carbocycles. The van der Waals surface area contributed by atoms with Crippen molar-refractivity contribution in [2.75, 3.05) is 13.2 Å². The monoisotopic (exact) mass is 971 g/mol. The van der Waals surface area contributed by atoms with Gasteiger partial charge in [-0.25, -0.2) is 0 Å². The van der Waals surface area contributed by atoms with Crippen molar-refractivity contribution in [3.63, 3.8) is 0 Å². The molecule has 0 spiro atoms. The fourth-order valence-electron chi connectivity index (χ4n) is 7.76. The molecular formula is C64H106O6. The first-order chi connectivity index (χ1) is 34.5. The van der Waals surface area contributed by atoms with E-state index in [1.807, 2.05) is 24.3 Å². The first kappa shape index (κ1) is 66.1. The number of hydrogen-bond acceptors (Lipinski definition) is 6. The molecule has 0 bridgehead atoms. The largest absolute Gasteiger partial charge is 0.462 e. The van der Waals surface area contributed by atoms with E-state index in [2.05, 4.69) is 106 Å². The van der Waals surface area contributed by atoms with Crippen molar-refractivity contribution >= 4 is 17.9 Å². The molecule has 0 saturated heterocycles. The smallest absolute Gasteiger partial charge is 0.306 e. The summed E-state index contributed by atoms with van der Waals surface area (Å²) in [5.74, 6) is -0.987. The number of hydrogen-bond donors (Lipinski definition) is 0. The van der Waals surface area contributed by atoms with E-state index in [4.69, 9.17) is 14.2 Å². The second-order valence-electron chi connectivity index (χ2n) is 19.0. The molecule has 0 N–H and O–H groups in total. The number of rotatable bonds is 51. The quantitative estimate of drug-likeness (QED) is 0.0199. The van der Waals surface area contributed by atoms with E-state index in [1.54, 1.807) is 0 Å². The molecule has 0 amide bonds. The van der Waals surface area contributed by atoms with Crippen molar-refractivity contribution < 1.29 is 28.6 Å². The van der Waals surface area contributed by atoms with Gasteiger partial charge in [-0.2, -0.15) is 0 Å². The van der Waals surface area contributed by atoms with Gasteiger partial charge in [-0.3, -0.25) is 14.4 Å². The molecule has 0 heterocycles. The molecule has 0 aromatic rings. The highest BCUT2D eigenvalue weighted by atomic mass is 16.6. The molecule has 1 unspecified atom stereocenters. The highest BCUT2D eigenvalue weighted by Gasteiger charge is 2.19. The molecule has 0 aromatic carbocycles. The Morgan fingerprint density at radius 1 is 0.300 bits per heavy atom. The van der Waals surface area contributed by atoms with Crippen molar-refractivity contribution in [3.05, 3.63) is 109 Å². The minimum absolute atomic E-state index is 0.108. The number of carbonyl (C=O) groups excluding carboxylic acids is 3. The molecule has 6 nitrogen and oxygen atoms in total. The number of carbonyl (C=O) groups is 3. The van der Waals surface area contributed by atoms with Crippen LogP contribution in [-0.2, 0) is 28.6 Å². The lowest BCUT2D eigenvalue weighted by Crippen LogP contribution is -2.30. The second-order valence-corrected chi connectivity index (χ2v) is 19.0. The maximum absolute atomic E-state index is 12.8. The predicted molar refractivity (Wildman–Crippen MR) is 302 cm³/mol. The third kappa shape index (κ3) is 55.0. The summed E-state index contributed by atoms with van der Waals surface area (Å²) in [6, 6.07) is 0. The highest BCUT2D eigenvalue weighted by molar-refractivity contribution is 5.71. The molecule has 0 aliphatic rings. The van der Waals surface area contributed by atoms with E-state index in [9.17, 15) is 14.4 Å². The average Bonchev–Trinajstić information content (AvgIpc) is 3.36. The number of unbranched alkanes of at least 4 members (excludes halogenated alkanes) is 26. The Balaban J connectivity index is 4.52. The van der Waals surface area contributed by atoms with Crippen LogP contribution in [-0.4, -0.2) is 37.2 Å². The minimum atomic E-state index is -0.819. The van der Waals surface area contributed by atoms with E-state index in [0.717, 1.165) is 89.9 Å². The molecule has 0 rings (SSSR count). The predicted octanol–water partition coefficient (Wildman–Crippen LogP) is 19.5. The first-order valence-electron chi connectivity index (χ1n) is 29.0. The van der Waals surface area contributed by atoms with Crippen LogP contribution in [0, 0.1) is 0 Å². The summed E-state index contributed by atoms with van der Waals surface area (Å²) in [5, 5.41) is 0. The molecule has 70 heavy (non-hydrogen) atoms. The van der Waals surface area contributed by atoms with Crippen LogP contribution in [0.3, 0.4) is 0 Å². The number of allylic oxidation sites excluding steroid dienone is 18. The third-order valence-corrected chi connectivity index (χ3v) is 12.1. The number of esters is 3. The zero-order chi connectivity index (χ0) is 50.7. The van der Waals surface area contributed by atoms with E-state index in [0.29, 0.717) is 19.3 Å². The maximum atomic E-state index is 12.8. The molecule has 0 aromatic heterocycles. The van der Waals surface area contributed by atoms with Crippen LogP contribution in [0.15, 0.2) is 109 Å². The molecule has 0 radical (unpaired) electrons. The van der Waals surface area contributed by atoms with Gasteiger partial charge in [0.2, 0.25) is 0 Å². The molecule has 0 aliphatic heterocycles. The molecule has 0 aliphatic carbocycles. The lowest BCUT2D eigenvalue weighted by atomic mass is 10.0. The summed E-state index contributed by atoms with van der Waals surface area (Å²) in [7, 11) is 0. The first-order valence-corrected chi connectivity index (χ1v) is 29.0. The topological polar surface area (TPSA) is 78.9 Å². The summed E-state index contributed by atoms with van der Waals surface area (Å²) >= 11 is 0. The molecular weight excluding hydrogens is 865 g/mol. The molecule has 398 valence electrons. The van der Waals surface area contributed by atoms with E-state index in [1.165, 1.54) is 122 Å². The average molecular weight is 972 g/mol. The summed E-state index contributed by atoms with van der Waals surface area (Å²) in [4.78, 5) is 38.2. The standard InChI is InChI=1S/C64H106O6/c1-4-7-10-13-16-19-22-25-28-31-34-36-39-42-45-48-51-54-57-63(66)69-60-61(70-64(67)58-55-52-49-46-43-40-37-33-30-27-24-21-18-15-12-9-6-3)59-68-62(65)56-53-50-47-44-41-38-35-32-29-26-23-20-17-14-11-8-5-2/h10,13,16,18-19,21-22,25,27-28,30-31,34,36-37,40,46,49,61H,4-9,11-12,14-15,17,20,23-24,26,29,32-33,35,38-39,41-45,47-48,50-60H2,1-3H3/b13-10-,19-16-,21-18-,25-22-,30-27-,31-28-,36-34-,40-37-,49-46-. The Morgan fingerprint density at radius 2 is 0.614 bits per heavy atom. The SMILES string of the molecule is CCC\C=C/C=C\C=C/C=C\C=C/CCCCCCCC(=O)OCC(COC(=O)CCCCCCCCCCCCCCCCCCC)OC(=O)CCC/C=C\C/C=C\C/C=C\C/C=C\CCCCC. The van der Waals surface area contributed by atoms with Crippen LogP contribution in [0.1, 0.15) is 258 Å². The van der Waals surface area contributed by atoms with Gasteiger partial charge in [-0.15, -0.1) is 0 Å². The van der Waals surface area contributed by atoms with E-state index >= 15 is 0 Å². The van der Waals surface area contributed by atoms with Gasteiger partial charge in [0.1, 0.15) is 13.2 Å². The van der Waals surface area contributed by atoms with Gasteiger partial charge in [-0.05, 0) is 77.0 Å². The Hall–Kier alpha value is -3.93. The van der Waals surface area contributed by atoms with Crippen LogP contribution in [0.25, 0.3) is 0 Å². The maximum Gasteiger partial charge on any atom is 0.306 e. The van der Waals surface area contributed by atoms with Crippen molar-refractivity contribution in [2.45, 2.75) is 264 Å². The summed E-state index contributed by atoms with van der Waals surface area (Å²) < 4.78 is 16.8. The zero-order valence-electron chi connectivity index (χ0n) is 45.5. The Morgan fingerprint density at radius 3 is 1.06 bits per heavy atom. The summed E-state index contributed by atoms with van der Waals surface area (Å²) in [6.45, 7) is 6.47. The van der Waals surface area contributed by atoms with Crippen LogP contribution in [0.2, 0.25) is 0 Å². The lowest BCUT2D eigenvalue weighted by molar-refractivity contribution is -0.167. The molecule has 0 fully saturated rings. The van der Waals surface area contributed by atoms with Gasteiger partial charge in [0, 0.05) is 19.3 Å². The van der Waals surface area contributed by atoms with Gasteiger partial charge in [0.05, 0.1) is 0 Å². The third-order valence-electron chi connectivity index (χ3n) is 12.1. The second kappa shape index (κ2) is 57.6. The summed E-state index contributed by atoms with van der Waals surface area (Å²) in [6.07, 6.45) is 77.9. The van der Waals surface area contributed by atoms with Gasteiger partial charge < -0.3 is 14.2 Å². The number of ether oxygens (including phenoxy) is 3. The van der Waals surface area contributed by atoms with Crippen molar-refractivity contribution in [3.8, 4) is 0 Å². The summed E-state index contributed by atoms with van der Waals surface area (Å²) in [5.41, 5.74) is 0. The normalized spacial score (nSPS) is 12.9. The van der Waals surface area contributed by atoms with Crippen molar-refractivity contribution in [1.82, 2.24) is 0 Å². The Bertz CT molecular complexity index is 1440. The Kier molecular flexibility index (Phi) is 54.4. The minimum Gasteiger partial charge on any atom is -0.462 e. The fraction of sp³-hybridized carbons (Fsp3) is 0.672. The van der Waals surface area contributed by atoms with Gasteiger partial charge >= 0.3 is 17.9 Å². The lowest BCUT2D eigenvalue weighted by Gasteiger charge is -2.18. The van der Waals surface area contributed by atoms with E-state index < -0.39 is 6.10 Å². The Labute approximate surface area is 431 Å². The highest BCUT2D eigenvalue weighted by Crippen LogP contribution is 2.15. The van der Waals surface area contributed by atoms with Crippen molar-refractivity contribution in [2.24, 2.45) is 0 Å². The van der Waals surface area contributed by atoms with Crippen molar-refractivity contribution in [1.29, 1.82) is 0 Å². The van der Waals surface area contributed by atoms with E-state index in [-0.39, 0.29) is 37.5 Å². The molecule has 1 atom stereocenters. The van der Waals surface area contributed by atoms with Gasteiger partial charge in [0.15, 0.2) is 6.10 Å². The van der Waals surface area contributed by atoms with Gasteiger partial charge in [-0.1, -0.05) is 271 Å². The van der Waals surface area contributed by atoms with Gasteiger partial charge in [0.25, 0.3) is 0 Å². The van der Waals surface area contributed by atoms with Crippen LogP contribution in [0.5, 0.6) is 0 Å².